The molecule has 2 N–H and O–H groups in total. The summed E-state index contributed by atoms with van der Waals surface area (Å²) in [6.45, 7) is 5.27. The van der Waals surface area contributed by atoms with Crippen LogP contribution >= 0.6 is 0 Å². The molecule has 0 radical (unpaired) electrons. The maximum atomic E-state index is 5.56. The van der Waals surface area contributed by atoms with Crippen LogP contribution < -0.4 is 5.73 Å². The van der Waals surface area contributed by atoms with Gasteiger partial charge in [-0.15, -0.1) is 0 Å². The molecule has 12 heavy (non-hydrogen) atoms. The van der Waals surface area contributed by atoms with E-state index in [-0.39, 0.29) is 0 Å². The van der Waals surface area contributed by atoms with Crippen molar-refractivity contribution in [2.24, 2.45) is 15.8 Å². The van der Waals surface area contributed by atoms with Crippen molar-refractivity contribution < 1.29 is 0 Å². The highest BCUT2D eigenvalue weighted by atomic mass is 15.4. The molecule has 1 aromatic rings. The fraction of sp³-hybridized carbons (Fsp3) is 0.286. The first kappa shape index (κ1) is 8.45. The predicted octanol–water partition coefficient (Wildman–Crippen LogP) is -0.00968. The normalized spacial score (nSPS) is 11.7. The van der Waals surface area contributed by atoms with Crippen LogP contribution in [0.15, 0.2) is 16.3 Å². The number of hydrogen-bond donors (Lipinski definition) is 1. The highest BCUT2D eigenvalue weighted by molar-refractivity contribution is 5.94. The summed E-state index contributed by atoms with van der Waals surface area (Å²) in [4.78, 5) is 7.83. The van der Waals surface area contributed by atoms with E-state index in [9.17, 15) is 0 Å². The van der Waals surface area contributed by atoms with Gasteiger partial charge in [0.05, 0.1) is 11.9 Å². The Balaban J connectivity index is 3.24. The first-order chi connectivity index (χ1) is 5.70. The van der Waals surface area contributed by atoms with Crippen molar-refractivity contribution in [2.45, 2.75) is 6.92 Å². The van der Waals surface area contributed by atoms with E-state index in [1.807, 2.05) is 6.92 Å². The number of aromatic nitrogens is 2. The van der Waals surface area contributed by atoms with Crippen LogP contribution in [-0.4, -0.2) is 29.3 Å². The second-order valence-corrected chi connectivity index (χ2v) is 2.29. The zero-order valence-corrected chi connectivity index (χ0v) is 7.15. The van der Waals surface area contributed by atoms with Crippen LogP contribution in [0.5, 0.6) is 0 Å². The van der Waals surface area contributed by atoms with Crippen molar-refractivity contribution in [3.8, 4) is 0 Å². The standard InChI is InChI=1S/C7H11N5/c1-5-4-11-7(6(8)9-2)12(5)10-3/h4H,3H2,1-2H3,(H2,8,9). The lowest BCUT2D eigenvalue weighted by Crippen LogP contribution is -2.18. The highest BCUT2D eigenvalue weighted by Gasteiger charge is 2.07. The van der Waals surface area contributed by atoms with Gasteiger partial charge in [-0.05, 0) is 6.92 Å². The molecule has 1 heterocycles. The lowest BCUT2D eigenvalue weighted by Gasteiger charge is -2.00. The third kappa shape index (κ3) is 1.20. The van der Waals surface area contributed by atoms with Crippen molar-refractivity contribution in [2.75, 3.05) is 7.05 Å². The molecule has 0 spiro atoms. The van der Waals surface area contributed by atoms with Crippen LogP contribution in [0.25, 0.3) is 0 Å². The fourth-order valence-electron chi connectivity index (χ4n) is 0.884. The van der Waals surface area contributed by atoms with Crippen molar-refractivity contribution in [1.82, 2.24) is 9.66 Å². The lowest BCUT2D eigenvalue weighted by atomic mass is 10.5. The summed E-state index contributed by atoms with van der Waals surface area (Å²) in [5.74, 6) is 0.889. The van der Waals surface area contributed by atoms with Crippen LogP contribution in [0, 0.1) is 6.92 Å². The summed E-state index contributed by atoms with van der Waals surface area (Å²) >= 11 is 0. The molecule has 0 aliphatic heterocycles. The average molecular weight is 165 g/mol. The number of nitrogens with zero attached hydrogens (tertiary/aromatic N) is 4. The zero-order valence-electron chi connectivity index (χ0n) is 7.15. The van der Waals surface area contributed by atoms with E-state index in [0.29, 0.717) is 11.7 Å². The minimum absolute atomic E-state index is 0.357. The summed E-state index contributed by atoms with van der Waals surface area (Å²) in [6.07, 6.45) is 1.67. The number of imidazole rings is 1. The highest BCUT2D eigenvalue weighted by Crippen LogP contribution is 2.02. The van der Waals surface area contributed by atoms with E-state index < -0.39 is 0 Å². The first-order valence-electron chi connectivity index (χ1n) is 3.44. The molecule has 0 fully saturated rings. The molecule has 0 saturated carbocycles. The van der Waals surface area contributed by atoms with Gasteiger partial charge in [-0.1, -0.05) is 0 Å². The Morgan fingerprint density at radius 1 is 1.75 bits per heavy atom. The number of nitrogens with two attached hydrogens (primary N) is 1. The van der Waals surface area contributed by atoms with Gasteiger partial charge in [-0.25, -0.2) is 9.66 Å². The van der Waals surface area contributed by atoms with Gasteiger partial charge in [0.15, 0.2) is 11.7 Å². The first-order valence-corrected chi connectivity index (χ1v) is 3.44. The SMILES string of the molecule is C=Nn1c(C)cnc1C(N)=NC. The van der Waals surface area contributed by atoms with Crippen molar-refractivity contribution >= 4 is 12.6 Å². The fourth-order valence-corrected chi connectivity index (χ4v) is 0.884. The van der Waals surface area contributed by atoms with Crippen LogP contribution in [0.2, 0.25) is 0 Å². The Labute approximate surface area is 70.6 Å². The number of hydrogen-bond acceptors (Lipinski definition) is 3. The summed E-state index contributed by atoms with van der Waals surface area (Å²) in [7, 11) is 1.60. The van der Waals surface area contributed by atoms with Crippen LogP contribution in [-0.2, 0) is 0 Å². The van der Waals surface area contributed by atoms with E-state index >= 15 is 0 Å². The molecule has 64 valence electrons. The quantitative estimate of drug-likeness (QED) is 0.494. The van der Waals surface area contributed by atoms with Gasteiger partial charge in [0.25, 0.3) is 0 Å². The Hall–Kier alpha value is -1.65. The molecule has 1 aromatic heterocycles. The summed E-state index contributed by atoms with van der Waals surface area (Å²) < 4.78 is 1.54. The molecule has 0 bridgehead atoms. The Morgan fingerprint density at radius 2 is 2.42 bits per heavy atom. The molecular weight excluding hydrogens is 154 g/mol. The maximum Gasteiger partial charge on any atom is 0.196 e. The number of rotatable bonds is 2. The zero-order chi connectivity index (χ0) is 9.14. The van der Waals surface area contributed by atoms with Gasteiger partial charge in [0.1, 0.15) is 0 Å². The van der Waals surface area contributed by atoms with E-state index in [0.717, 1.165) is 5.69 Å². The molecule has 5 heteroatoms. The van der Waals surface area contributed by atoms with Crippen molar-refractivity contribution in [3.05, 3.63) is 17.7 Å². The second kappa shape index (κ2) is 3.17. The Morgan fingerprint density at radius 3 is 2.92 bits per heavy atom. The Bertz CT molecular complexity index is 323. The molecule has 0 aliphatic rings. The summed E-state index contributed by atoms with van der Waals surface area (Å²) in [6, 6.07) is 0. The number of aliphatic imine (C=N–C) groups is 1. The van der Waals surface area contributed by atoms with Crippen molar-refractivity contribution in [3.63, 3.8) is 0 Å². The van der Waals surface area contributed by atoms with Crippen molar-refractivity contribution in [1.29, 1.82) is 0 Å². The molecule has 0 aliphatic carbocycles. The molecule has 1 rings (SSSR count). The molecular formula is C7H11N5. The monoisotopic (exact) mass is 165 g/mol. The third-order valence-electron chi connectivity index (χ3n) is 1.52. The minimum atomic E-state index is 0.357. The van der Waals surface area contributed by atoms with Crippen LogP contribution in [0.3, 0.4) is 0 Å². The lowest BCUT2D eigenvalue weighted by molar-refractivity contribution is 0.835. The smallest absolute Gasteiger partial charge is 0.196 e. The summed E-state index contributed by atoms with van der Waals surface area (Å²) in [5, 5.41) is 3.74. The van der Waals surface area contributed by atoms with Gasteiger partial charge < -0.3 is 5.73 Å². The minimum Gasteiger partial charge on any atom is -0.381 e. The Kier molecular flexibility index (Phi) is 2.23. The summed E-state index contributed by atoms with van der Waals surface area (Å²) in [5.41, 5.74) is 6.44. The van der Waals surface area contributed by atoms with Gasteiger partial charge in [0, 0.05) is 13.8 Å². The van der Waals surface area contributed by atoms with Gasteiger partial charge >= 0.3 is 0 Å². The van der Waals surface area contributed by atoms with Crippen LogP contribution in [0.4, 0.5) is 0 Å². The molecule has 0 aromatic carbocycles. The second-order valence-electron chi connectivity index (χ2n) is 2.29. The molecule has 0 atom stereocenters. The van der Waals surface area contributed by atoms with Gasteiger partial charge in [-0.2, -0.15) is 5.10 Å². The van der Waals surface area contributed by atoms with E-state index in [2.05, 4.69) is 21.8 Å². The molecule has 0 saturated heterocycles. The molecule has 0 amide bonds. The van der Waals surface area contributed by atoms with E-state index in [1.54, 1.807) is 17.9 Å². The number of amidine groups is 1. The topological polar surface area (TPSA) is 68.6 Å². The largest absolute Gasteiger partial charge is 0.381 e. The number of aryl methyl sites for hydroxylation is 1. The van der Waals surface area contributed by atoms with Gasteiger partial charge in [-0.3, -0.25) is 4.99 Å². The third-order valence-corrected chi connectivity index (χ3v) is 1.52. The maximum absolute atomic E-state index is 5.56. The van der Waals surface area contributed by atoms with E-state index in [1.165, 1.54) is 0 Å². The van der Waals surface area contributed by atoms with Gasteiger partial charge in [0.2, 0.25) is 0 Å². The average Bonchev–Trinajstić information content (AvgIpc) is 2.45. The van der Waals surface area contributed by atoms with E-state index in [4.69, 9.17) is 5.73 Å². The van der Waals surface area contributed by atoms with Crippen LogP contribution in [0.1, 0.15) is 11.5 Å². The molecule has 0 unspecified atom stereocenters. The predicted molar refractivity (Wildman–Crippen MR) is 48.6 cm³/mol. The molecule has 5 nitrogen and oxygen atoms in total.